The topological polar surface area (TPSA) is 91.0 Å². The van der Waals surface area contributed by atoms with Gasteiger partial charge in [-0.15, -0.1) is 0 Å². The van der Waals surface area contributed by atoms with Crippen molar-refractivity contribution < 1.29 is 23.5 Å². The molecule has 8 nitrogen and oxygen atoms in total. The van der Waals surface area contributed by atoms with Gasteiger partial charge < -0.3 is 20.3 Å². The van der Waals surface area contributed by atoms with Crippen molar-refractivity contribution in [2.75, 3.05) is 30.4 Å². The molecule has 0 bridgehead atoms. The second-order valence-electron chi connectivity index (χ2n) is 9.27. The Morgan fingerprint density at radius 1 is 1.19 bits per heavy atom. The van der Waals surface area contributed by atoms with Gasteiger partial charge in [-0.1, -0.05) is 6.08 Å². The van der Waals surface area contributed by atoms with Crippen LogP contribution in [0.1, 0.15) is 38.8 Å². The Morgan fingerprint density at radius 3 is 2.53 bits per heavy atom. The minimum absolute atomic E-state index is 0.0961. The molecule has 1 fully saturated rings. The van der Waals surface area contributed by atoms with E-state index in [9.17, 15) is 14.4 Å². The number of hydrogen-bond donors (Lipinski definition) is 2. The number of methoxy groups -OCH3 is 1. The molecule has 0 atom stereocenters. The highest BCUT2D eigenvalue weighted by atomic mass is 19.1. The number of likely N-dealkylation sites (N-methyl/N-ethyl adjacent to an activating group) is 1. The molecule has 2 heterocycles. The quantitative estimate of drug-likeness (QED) is 0.461. The summed E-state index contributed by atoms with van der Waals surface area (Å²) in [6.45, 7) is 8.34. The number of hydrogen-bond acceptors (Lipinski definition) is 5. The number of allylic oxidation sites excluding steroid dienone is 1. The molecule has 4 rings (SSSR count). The van der Waals surface area contributed by atoms with Crippen molar-refractivity contribution in [3.05, 3.63) is 65.1 Å². The number of halogens is 1. The maximum atomic E-state index is 15.1. The van der Waals surface area contributed by atoms with E-state index in [2.05, 4.69) is 35.5 Å². The van der Waals surface area contributed by atoms with Gasteiger partial charge in [-0.2, -0.15) is 0 Å². The van der Waals surface area contributed by atoms with Crippen molar-refractivity contribution in [1.29, 1.82) is 0 Å². The minimum Gasteiger partial charge on any atom is -0.497 e. The van der Waals surface area contributed by atoms with Crippen LogP contribution in [0.5, 0.6) is 5.75 Å². The molecule has 0 aliphatic carbocycles. The van der Waals surface area contributed by atoms with E-state index in [1.54, 1.807) is 30.3 Å². The second-order valence-corrected chi connectivity index (χ2v) is 9.27. The van der Waals surface area contributed by atoms with E-state index in [0.717, 1.165) is 21.7 Å². The average molecular weight is 493 g/mol. The third kappa shape index (κ3) is 4.68. The summed E-state index contributed by atoms with van der Waals surface area (Å²) in [5.41, 5.74) is 2.94. The number of nitrogens with one attached hydrogen (secondary N) is 2. The molecule has 0 unspecified atom stereocenters. The van der Waals surface area contributed by atoms with Crippen LogP contribution < -0.4 is 20.3 Å². The predicted molar refractivity (Wildman–Crippen MR) is 137 cm³/mol. The van der Waals surface area contributed by atoms with Crippen LogP contribution in [0.2, 0.25) is 0 Å². The zero-order valence-corrected chi connectivity index (χ0v) is 20.9. The SMILES string of the molecule is CCN1c2cc(F)c(/C=C3/NC(=O)N(CC(=O)Nc4ccc(OC)cc4)C3=O)cc2C(C)=CC1(C)C. The molecule has 2 aromatic carbocycles. The minimum atomic E-state index is -0.746. The molecule has 2 aliphatic rings. The number of carbonyl (C=O) groups is 3. The fraction of sp³-hybridized carbons (Fsp3) is 0.296. The van der Waals surface area contributed by atoms with Crippen LogP contribution in [0.4, 0.5) is 20.6 Å². The first-order valence-corrected chi connectivity index (χ1v) is 11.6. The molecule has 2 aliphatic heterocycles. The first-order valence-electron chi connectivity index (χ1n) is 11.6. The van der Waals surface area contributed by atoms with Crippen LogP contribution >= 0.6 is 0 Å². The van der Waals surface area contributed by atoms with Gasteiger partial charge in [0.15, 0.2) is 0 Å². The van der Waals surface area contributed by atoms with E-state index < -0.39 is 30.2 Å². The third-order valence-corrected chi connectivity index (χ3v) is 6.35. The van der Waals surface area contributed by atoms with Gasteiger partial charge in [0.1, 0.15) is 23.8 Å². The Labute approximate surface area is 209 Å². The number of carbonyl (C=O) groups excluding carboxylic acids is 3. The van der Waals surface area contributed by atoms with Crippen molar-refractivity contribution in [1.82, 2.24) is 10.2 Å². The van der Waals surface area contributed by atoms with Gasteiger partial charge in [0.05, 0.1) is 12.6 Å². The highest BCUT2D eigenvalue weighted by Crippen LogP contribution is 2.40. The van der Waals surface area contributed by atoms with E-state index >= 15 is 4.39 Å². The Bertz CT molecular complexity index is 1300. The highest BCUT2D eigenvalue weighted by molar-refractivity contribution is 6.16. The molecule has 36 heavy (non-hydrogen) atoms. The van der Waals surface area contributed by atoms with Crippen LogP contribution in [0.3, 0.4) is 0 Å². The molecule has 0 radical (unpaired) electrons. The predicted octanol–water partition coefficient (Wildman–Crippen LogP) is 4.39. The zero-order chi connectivity index (χ0) is 26.2. The van der Waals surface area contributed by atoms with Crippen LogP contribution in [0.15, 0.2) is 48.2 Å². The van der Waals surface area contributed by atoms with Gasteiger partial charge in [0.2, 0.25) is 5.91 Å². The summed E-state index contributed by atoms with van der Waals surface area (Å²) < 4.78 is 20.2. The molecule has 2 aromatic rings. The number of nitrogens with zero attached hydrogens (tertiary/aromatic N) is 2. The van der Waals surface area contributed by atoms with Gasteiger partial charge in [-0.05, 0) is 75.7 Å². The summed E-state index contributed by atoms with van der Waals surface area (Å²) in [5.74, 6) is -1.13. The van der Waals surface area contributed by atoms with Gasteiger partial charge >= 0.3 is 6.03 Å². The molecule has 0 spiro atoms. The number of fused-ring (bicyclic) bond motifs is 1. The van der Waals surface area contributed by atoms with E-state index in [1.807, 2.05) is 13.8 Å². The second kappa shape index (κ2) is 9.49. The molecule has 9 heteroatoms. The molecule has 0 aromatic heterocycles. The fourth-order valence-corrected chi connectivity index (χ4v) is 4.69. The van der Waals surface area contributed by atoms with Gasteiger partial charge in [-0.25, -0.2) is 14.1 Å². The summed E-state index contributed by atoms with van der Waals surface area (Å²) >= 11 is 0. The molecule has 0 saturated carbocycles. The number of anilines is 2. The Balaban J connectivity index is 1.54. The number of rotatable bonds is 6. The monoisotopic (exact) mass is 492 g/mol. The normalized spacial score (nSPS) is 17.6. The summed E-state index contributed by atoms with van der Waals surface area (Å²) in [5, 5.41) is 5.08. The lowest BCUT2D eigenvalue weighted by atomic mass is 9.88. The number of urea groups is 1. The zero-order valence-electron chi connectivity index (χ0n) is 20.9. The molecule has 4 amide bonds. The summed E-state index contributed by atoms with van der Waals surface area (Å²) in [6, 6.07) is 9.03. The van der Waals surface area contributed by atoms with Crippen molar-refractivity contribution in [3.63, 3.8) is 0 Å². The molecule has 2 N–H and O–H groups in total. The summed E-state index contributed by atoms with van der Waals surface area (Å²) in [6.07, 6.45) is 3.43. The number of ether oxygens (including phenoxy) is 1. The van der Waals surface area contributed by atoms with Crippen LogP contribution in [0.25, 0.3) is 11.6 Å². The first kappa shape index (κ1) is 25.0. The maximum Gasteiger partial charge on any atom is 0.329 e. The first-order chi connectivity index (χ1) is 17.0. The van der Waals surface area contributed by atoms with Gasteiger partial charge in [0, 0.05) is 29.0 Å². The van der Waals surface area contributed by atoms with E-state index in [0.29, 0.717) is 18.0 Å². The van der Waals surface area contributed by atoms with Gasteiger partial charge in [-0.3, -0.25) is 9.59 Å². The van der Waals surface area contributed by atoms with Crippen molar-refractivity contribution in [2.24, 2.45) is 0 Å². The van der Waals surface area contributed by atoms with E-state index in [1.165, 1.54) is 19.3 Å². The number of benzene rings is 2. The average Bonchev–Trinajstić information content (AvgIpc) is 3.07. The standard InChI is InChI=1S/C27H29FN4O4/c1-6-32-23-13-21(28)17(11-20(23)16(2)14-27(32,3)4)12-22-25(34)31(26(35)30-22)15-24(33)29-18-7-9-19(36-5)10-8-18/h7-14H,6,15H2,1-5H3,(H,29,33)(H,30,35)/b22-12+. The Morgan fingerprint density at radius 2 is 1.89 bits per heavy atom. The Hall–Kier alpha value is -4.14. The van der Waals surface area contributed by atoms with E-state index in [-0.39, 0.29) is 16.8 Å². The molecule has 1 saturated heterocycles. The molecular weight excluding hydrogens is 463 g/mol. The molecular formula is C27H29FN4O4. The lowest BCUT2D eigenvalue weighted by Gasteiger charge is -2.42. The Kier molecular flexibility index (Phi) is 6.58. The summed E-state index contributed by atoms with van der Waals surface area (Å²) in [7, 11) is 1.53. The lowest BCUT2D eigenvalue weighted by molar-refractivity contribution is -0.127. The van der Waals surface area contributed by atoms with Crippen LogP contribution in [-0.4, -0.2) is 48.5 Å². The fourth-order valence-electron chi connectivity index (χ4n) is 4.69. The number of imide groups is 1. The van der Waals surface area contributed by atoms with Crippen LogP contribution in [-0.2, 0) is 9.59 Å². The smallest absolute Gasteiger partial charge is 0.329 e. The summed E-state index contributed by atoms with van der Waals surface area (Å²) in [4.78, 5) is 40.6. The van der Waals surface area contributed by atoms with E-state index in [4.69, 9.17) is 4.74 Å². The lowest BCUT2D eigenvalue weighted by Crippen LogP contribution is -2.45. The maximum absolute atomic E-state index is 15.1. The van der Waals surface area contributed by atoms with Gasteiger partial charge in [0.25, 0.3) is 5.91 Å². The van der Waals surface area contributed by atoms with Crippen molar-refractivity contribution in [3.8, 4) is 5.75 Å². The number of amides is 4. The van der Waals surface area contributed by atoms with Crippen molar-refractivity contribution >= 4 is 40.9 Å². The van der Waals surface area contributed by atoms with Crippen LogP contribution in [0, 0.1) is 5.82 Å². The molecule has 188 valence electrons. The highest BCUT2D eigenvalue weighted by Gasteiger charge is 2.36. The largest absolute Gasteiger partial charge is 0.497 e. The third-order valence-electron chi connectivity index (χ3n) is 6.35. The van der Waals surface area contributed by atoms with Crippen molar-refractivity contribution in [2.45, 2.75) is 33.2 Å².